The summed E-state index contributed by atoms with van der Waals surface area (Å²) in [6, 6.07) is 5.51. The second-order valence-electron chi connectivity index (χ2n) is 6.39. The van der Waals surface area contributed by atoms with Crippen molar-refractivity contribution in [2.24, 2.45) is 7.05 Å². The summed E-state index contributed by atoms with van der Waals surface area (Å²) in [7, 11) is 1.88. The van der Waals surface area contributed by atoms with Crippen LogP contribution in [0.3, 0.4) is 0 Å². The summed E-state index contributed by atoms with van der Waals surface area (Å²) < 4.78 is 7.48. The second kappa shape index (κ2) is 6.11. The number of amides is 1. The minimum absolute atomic E-state index is 0.0684. The SMILES string of the molecule is Cc1nn(C)c(C)c1CC(=O)Nc1ccc2oc(C(C)C)nc2c1. The monoisotopic (exact) mass is 326 g/mol. The van der Waals surface area contributed by atoms with Gasteiger partial charge in [-0.2, -0.15) is 5.10 Å². The van der Waals surface area contributed by atoms with Crippen molar-refractivity contribution in [1.82, 2.24) is 14.8 Å². The topological polar surface area (TPSA) is 73.0 Å². The standard InChI is InChI=1S/C18H22N4O2/c1-10(2)18-20-15-8-13(6-7-16(15)24-18)19-17(23)9-14-11(3)21-22(5)12(14)4/h6-8,10H,9H2,1-5H3,(H,19,23). The Morgan fingerprint density at radius 1 is 1.33 bits per heavy atom. The Hall–Kier alpha value is -2.63. The lowest BCUT2D eigenvalue weighted by molar-refractivity contribution is -0.115. The number of nitrogens with one attached hydrogen (secondary N) is 1. The number of oxazole rings is 1. The number of carbonyl (C=O) groups excluding carboxylic acids is 1. The van der Waals surface area contributed by atoms with Crippen LogP contribution in [-0.2, 0) is 18.3 Å². The van der Waals surface area contributed by atoms with Crippen LogP contribution in [0, 0.1) is 13.8 Å². The molecule has 6 nitrogen and oxygen atoms in total. The zero-order valence-corrected chi connectivity index (χ0v) is 14.7. The fraction of sp³-hybridized carbons (Fsp3) is 0.389. The van der Waals surface area contributed by atoms with E-state index in [9.17, 15) is 4.79 Å². The molecule has 0 saturated heterocycles. The van der Waals surface area contributed by atoms with Crippen molar-refractivity contribution in [3.8, 4) is 0 Å². The third kappa shape index (κ3) is 3.04. The predicted octanol–water partition coefficient (Wildman–Crippen LogP) is 3.48. The third-order valence-corrected chi connectivity index (χ3v) is 4.18. The van der Waals surface area contributed by atoms with Gasteiger partial charge in [0, 0.05) is 29.9 Å². The molecule has 0 aliphatic carbocycles. The summed E-state index contributed by atoms with van der Waals surface area (Å²) in [5.41, 5.74) is 5.07. The van der Waals surface area contributed by atoms with Gasteiger partial charge >= 0.3 is 0 Å². The van der Waals surface area contributed by atoms with Gasteiger partial charge < -0.3 is 9.73 Å². The molecule has 0 aliphatic heterocycles. The Kier molecular flexibility index (Phi) is 4.13. The Morgan fingerprint density at radius 2 is 2.08 bits per heavy atom. The smallest absolute Gasteiger partial charge is 0.228 e. The van der Waals surface area contributed by atoms with Crippen LogP contribution in [0.4, 0.5) is 5.69 Å². The molecule has 1 N–H and O–H groups in total. The minimum atomic E-state index is -0.0684. The lowest BCUT2D eigenvalue weighted by Crippen LogP contribution is -2.15. The zero-order chi connectivity index (χ0) is 17.4. The Balaban J connectivity index is 1.77. The van der Waals surface area contributed by atoms with Crippen LogP contribution in [0.2, 0.25) is 0 Å². The van der Waals surface area contributed by atoms with Crippen LogP contribution in [0.5, 0.6) is 0 Å². The Morgan fingerprint density at radius 3 is 2.71 bits per heavy atom. The first-order chi connectivity index (χ1) is 11.3. The fourth-order valence-electron chi connectivity index (χ4n) is 2.71. The summed E-state index contributed by atoms with van der Waals surface area (Å²) in [4.78, 5) is 16.8. The van der Waals surface area contributed by atoms with Gasteiger partial charge in [-0.05, 0) is 32.0 Å². The van der Waals surface area contributed by atoms with Gasteiger partial charge in [0.1, 0.15) is 5.52 Å². The largest absolute Gasteiger partial charge is 0.440 e. The minimum Gasteiger partial charge on any atom is -0.440 e. The van der Waals surface area contributed by atoms with Crippen LogP contribution >= 0.6 is 0 Å². The van der Waals surface area contributed by atoms with Crippen LogP contribution in [0.15, 0.2) is 22.6 Å². The van der Waals surface area contributed by atoms with Gasteiger partial charge in [0.05, 0.1) is 12.1 Å². The van der Waals surface area contributed by atoms with Gasteiger partial charge in [-0.25, -0.2) is 4.98 Å². The number of aromatic nitrogens is 3. The molecule has 0 atom stereocenters. The van der Waals surface area contributed by atoms with Gasteiger partial charge in [0.2, 0.25) is 5.91 Å². The van der Waals surface area contributed by atoms with Crippen LogP contribution in [-0.4, -0.2) is 20.7 Å². The molecule has 0 fully saturated rings. The van der Waals surface area contributed by atoms with Crippen molar-refractivity contribution in [1.29, 1.82) is 0 Å². The average Bonchev–Trinajstić information content (AvgIpc) is 3.04. The summed E-state index contributed by atoms with van der Waals surface area (Å²) in [6.45, 7) is 7.96. The molecule has 1 aromatic carbocycles. The van der Waals surface area contributed by atoms with E-state index in [2.05, 4.69) is 15.4 Å². The maximum Gasteiger partial charge on any atom is 0.228 e. The molecular formula is C18H22N4O2. The van der Waals surface area contributed by atoms with E-state index in [1.807, 2.05) is 52.9 Å². The molecule has 126 valence electrons. The maximum absolute atomic E-state index is 12.4. The molecule has 24 heavy (non-hydrogen) atoms. The lowest BCUT2D eigenvalue weighted by atomic mass is 10.1. The van der Waals surface area contributed by atoms with Gasteiger partial charge in [0.15, 0.2) is 11.5 Å². The predicted molar refractivity (Wildman–Crippen MR) is 93.1 cm³/mol. The molecule has 0 saturated carbocycles. The van der Waals surface area contributed by atoms with Crippen molar-refractivity contribution >= 4 is 22.7 Å². The number of benzene rings is 1. The number of aryl methyl sites for hydroxylation is 2. The van der Waals surface area contributed by atoms with E-state index < -0.39 is 0 Å². The molecule has 2 heterocycles. The number of fused-ring (bicyclic) bond motifs is 1. The molecule has 0 radical (unpaired) electrons. The van der Waals surface area contributed by atoms with Crippen LogP contribution in [0.25, 0.3) is 11.1 Å². The second-order valence-corrected chi connectivity index (χ2v) is 6.39. The van der Waals surface area contributed by atoms with Gasteiger partial charge in [0.25, 0.3) is 0 Å². The number of hydrogen-bond donors (Lipinski definition) is 1. The van der Waals surface area contributed by atoms with Gasteiger partial charge in [-0.3, -0.25) is 9.48 Å². The van der Waals surface area contributed by atoms with Crippen molar-refractivity contribution in [3.63, 3.8) is 0 Å². The summed E-state index contributed by atoms with van der Waals surface area (Å²) in [5.74, 6) is 0.864. The van der Waals surface area contributed by atoms with Crippen molar-refractivity contribution in [2.75, 3.05) is 5.32 Å². The molecule has 0 spiro atoms. The molecule has 6 heteroatoms. The van der Waals surface area contributed by atoms with Crippen LogP contribution in [0.1, 0.15) is 42.6 Å². The van der Waals surface area contributed by atoms with Gasteiger partial charge in [-0.15, -0.1) is 0 Å². The Bertz CT molecular complexity index is 905. The Labute approximate surface area is 140 Å². The number of anilines is 1. The third-order valence-electron chi connectivity index (χ3n) is 4.18. The van der Waals surface area contributed by atoms with Gasteiger partial charge in [-0.1, -0.05) is 13.8 Å². The van der Waals surface area contributed by atoms with E-state index >= 15 is 0 Å². The highest BCUT2D eigenvalue weighted by Gasteiger charge is 2.14. The number of hydrogen-bond acceptors (Lipinski definition) is 4. The summed E-state index contributed by atoms with van der Waals surface area (Å²) >= 11 is 0. The molecule has 1 amide bonds. The molecular weight excluding hydrogens is 304 g/mol. The first-order valence-corrected chi connectivity index (χ1v) is 8.04. The number of nitrogens with zero attached hydrogens (tertiary/aromatic N) is 3. The zero-order valence-electron chi connectivity index (χ0n) is 14.7. The normalized spacial score (nSPS) is 11.4. The van der Waals surface area contributed by atoms with E-state index in [0.29, 0.717) is 12.3 Å². The van der Waals surface area contributed by atoms with Crippen molar-refractivity contribution < 1.29 is 9.21 Å². The maximum atomic E-state index is 12.4. The van der Waals surface area contributed by atoms with E-state index in [-0.39, 0.29) is 11.8 Å². The summed E-state index contributed by atoms with van der Waals surface area (Å²) in [6.07, 6.45) is 0.305. The molecule has 0 bridgehead atoms. The fourth-order valence-corrected chi connectivity index (χ4v) is 2.71. The summed E-state index contributed by atoms with van der Waals surface area (Å²) in [5, 5.41) is 7.27. The van der Waals surface area contributed by atoms with E-state index in [4.69, 9.17) is 4.42 Å². The van der Waals surface area contributed by atoms with E-state index in [1.165, 1.54) is 0 Å². The highest BCUT2D eigenvalue weighted by atomic mass is 16.3. The van der Waals surface area contributed by atoms with E-state index in [0.717, 1.165) is 33.7 Å². The lowest BCUT2D eigenvalue weighted by Gasteiger charge is -2.05. The average molecular weight is 326 g/mol. The quantitative estimate of drug-likeness (QED) is 0.796. The molecule has 3 aromatic rings. The molecule has 2 aromatic heterocycles. The highest BCUT2D eigenvalue weighted by molar-refractivity contribution is 5.94. The molecule has 0 aliphatic rings. The first kappa shape index (κ1) is 16.2. The first-order valence-electron chi connectivity index (χ1n) is 8.04. The number of carbonyl (C=O) groups is 1. The van der Waals surface area contributed by atoms with Crippen molar-refractivity contribution in [3.05, 3.63) is 41.0 Å². The molecule has 3 rings (SSSR count). The van der Waals surface area contributed by atoms with Crippen LogP contribution < -0.4 is 5.32 Å². The number of rotatable bonds is 4. The molecule has 0 unspecified atom stereocenters. The highest BCUT2D eigenvalue weighted by Crippen LogP contribution is 2.24. The van der Waals surface area contributed by atoms with E-state index in [1.54, 1.807) is 4.68 Å². The van der Waals surface area contributed by atoms with Crippen molar-refractivity contribution in [2.45, 2.75) is 40.0 Å².